The first-order valence-corrected chi connectivity index (χ1v) is 9.29. The van der Waals surface area contributed by atoms with Crippen LogP contribution in [0.2, 0.25) is 0 Å². The third kappa shape index (κ3) is 4.31. The minimum atomic E-state index is -0.714. The first kappa shape index (κ1) is 22.2. The van der Waals surface area contributed by atoms with Crippen LogP contribution < -0.4 is 9.47 Å². The molecule has 0 radical (unpaired) electrons. The number of ketones is 2. The standard InChI is InChI=1S/C20H16N6O6/c1-30-20(29)11-9-13-17(15(10-11)32-8-6-24-26-22)19(28)16-12(18(13)27)3-2-4-14(16)31-7-5-23-25-21/h2-4,9-10H,5-8H2,1H3. The summed E-state index contributed by atoms with van der Waals surface area (Å²) in [6.45, 7) is -0.0687. The van der Waals surface area contributed by atoms with Crippen LogP contribution in [-0.4, -0.2) is 50.9 Å². The fourth-order valence-corrected chi connectivity index (χ4v) is 3.21. The van der Waals surface area contributed by atoms with Crippen LogP contribution in [0.3, 0.4) is 0 Å². The molecule has 0 fully saturated rings. The molecule has 0 saturated carbocycles. The lowest BCUT2D eigenvalue weighted by Crippen LogP contribution is -2.24. The molecule has 0 bridgehead atoms. The number of carbonyl (C=O) groups is 3. The molecule has 0 heterocycles. The minimum Gasteiger partial charge on any atom is -0.493 e. The predicted molar refractivity (Wildman–Crippen MR) is 110 cm³/mol. The van der Waals surface area contributed by atoms with Gasteiger partial charge < -0.3 is 14.2 Å². The highest BCUT2D eigenvalue weighted by Gasteiger charge is 2.36. The molecule has 2 aromatic rings. The third-order valence-electron chi connectivity index (χ3n) is 4.52. The lowest BCUT2D eigenvalue weighted by atomic mass is 9.82. The van der Waals surface area contributed by atoms with Gasteiger partial charge in [0.1, 0.15) is 11.5 Å². The summed E-state index contributed by atoms with van der Waals surface area (Å²) >= 11 is 0. The van der Waals surface area contributed by atoms with E-state index in [1.54, 1.807) is 6.07 Å². The minimum absolute atomic E-state index is 0.00560. The lowest BCUT2D eigenvalue weighted by Gasteiger charge is -2.23. The molecule has 12 nitrogen and oxygen atoms in total. The van der Waals surface area contributed by atoms with Crippen molar-refractivity contribution in [3.8, 4) is 11.5 Å². The first-order chi connectivity index (χ1) is 15.5. The average Bonchev–Trinajstić information content (AvgIpc) is 2.81. The zero-order valence-corrected chi connectivity index (χ0v) is 16.8. The maximum absolute atomic E-state index is 13.4. The van der Waals surface area contributed by atoms with Crippen LogP contribution >= 0.6 is 0 Å². The molecule has 0 aliphatic heterocycles. The number of fused-ring (bicyclic) bond motifs is 2. The van der Waals surface area contributed by atoms with Crippen LogP contribution in [0.4, 0.5) is 0 Å². The number of methoxy groups -OCH3 is 1. The second-order valence-corrected chi connectivity index (χ2v) is 6.33. The van der Waals surface area contributed by atoms with Crippen LogP contribution in [0.15, 0.2) is 40.6 Å². The Kier molecular flexibility index (Phi) is 6.92. The monoisotopic (exact) mass is 436 g/mol. The van der Waals surface area contributed by atoms with E-state index in [2.05, 4.69) is 20.1 Å². The lowest BCUT2D eigenvalue weighted by molar-refractivity contribution is 0.0599. The summed E-state index contributed by atoms with van der Waals surface area (Å²) in [5.74, 6) is -1.63. The Morgan fingerprint density at radius 3 is 2.16 bits per heavy atom. The molecule has 0 saturated heterocycles. The number of hydrogen-bond donors (Lipinski definition) is 0. The van der Waals surface area contributed by atoms with Crippen molar-refractivity contribution in [2.45, 2.75) is 0 Å². The number of hydrogen-bond acceptors (Lipinski definition) is 8. The second-order valence-electron chi connectivity index (χ2n) is 6.33. The summed E-state index contributed by atoms with van der Waals surface area (Å²) in [5, 5.41) is 6.73. The van der Waals surface area contributed by atoms with E-state index >= 15 is 0 Å². The van der Waals surface area contributed by atoms with E-state index in [4.69, 9.17) is 25.3 Å². The van der Waals surface area contributed by atoms with Gasteiger partial charge in [0, 0.05) is 21.0 Å². The van der Waals surface area contributed by atoms with Gasteiger partial charge in [-0.25, -0.2) is 4.79 Å². The third-order valence-corrected chi connectivity index (χ3v) is 4.52. The Balaban J connectivity index is 2.10. The van der Waals surface area contributed by atoms with Gasteiger partial charge in [0.2, 0.25) is 5.78 Å². The van der Waals surface area contributed by atoms with E-state index in [9.17, 15) is 14.4 Å². The molecule has 0 N–H and O–H groups in total. The van der Waals surface area contributed by atoms with E-state index in [0.717, 1.165) is 0 Å². The van der Waals surface area contributed by atoms with Crippen molar-refractivity contribution in [3.05, 3.63) is 79.0 Å². The van der Waals surface area contributed by atoms with Gasteiger partial charge in [-0.05, 0) is 29.3 Å². The Bertz CT molecular complexity index is 1200. The van der Waals surface area contributed by atoms with Gasteiger partial charge in [-0.3, -0.25) is 9.59 Å². The zero-order chi connectivity index (χ0) is 23.1. The van der Waals surface area contributed by atoms with Crippen molar-refractivity contribution >= 4 is 17.5 Å². The molecule has 0 spiro atoms. The summed E-state index contributed by atoms with van der Waals surface area (Å²) in [6.07, 6.45) is 0. The fraction of sp³-hybridized carbons (Fsp3) is 0.250. The number of nitrogens with zero attached hydrogens (tertiary/aromatic N) is 6. The average molecular weight is 436 g/mol. The maximum atomic E-state index is 13.4. The van der Waals surface area contributed by atoms with Crippen molar-refractivity contribution in [2.75, 3.05) is 33.4 Å². The van der Waals surface area contributed by atoms with Crippen molar-refractivity contribution < 1.29 is 28.6 Å². The van der Waals surface area contributed by atoms with Gasteiger partial charge in [-0.1, -0.05) is 22.4 Å². The molecule has 0 aromatic heterocycles. The molecule has 1 aliphatic rings. The SMILES string of the molecule is COC(=O)c1cc(OCCN=[N+]=[N-])c2c(c1)C(=O)c1cccc(OCCN=[N+]=[N-])c1C2=O. The molecule has 0 atom stereocenters. The van der Waals surface area contributed by atoms with Gasteiger partial charge in [-0.15, -0.1) is 0 Å². The predicted octanol–water partition coefficient (Wildman–Crippen LogP) is 3.63. The topological polar surface area (TPSA) is 176 Å². The number of rotatable bonds is 9. The van der Waals surface area contributed by atoms with Crippen LogP contribution in [0.1, 0.15) is 42.2 Å². The summed E-state index contributed by atoms with van der Waals surface area (Å²) < 4.78 is 15.9. The highest BCUT2D eigenvalue weighted by molar-refractivity contribution is 6.30. The van der Waals surface area contributed by atoms with E-state index in [1.807, 2.05) is 0 Å². The molecule has 0 unspecified atom stereocenters. The molecule has 32 heavy (non-hydrogen) atoms. The summed E-state index contributed by atoms with van der Waals surface area (Å²) in [5.41, 5.74) is 16.9. The number of ether oxygens (including phenoxy) is 3. The second kappa shape index (κ2) is 9.98. The van der Waals surface area contributed by atoms with Crippen molar-refractivity contribution in [1.29, 1.82) is 0 Å². The first-order valence-electron chi connectivity index (χ1n) is 9.29. The van der Waals surface area contributed by atoms with E-state index < -0.39 is 17.5 Å². The number of benzene rings is 2. The molecule has 0 amide bonds. The maximum Gasteiger partial charge on any atom is 0.338 e. The van der Waals surface area contributed by atoms with Crippen LogP contribution in [0, 0.1) is 0 Å². The largest absolute Gasteiger partial charge is 0.493 e. The van der Waals surface area contributed by atoms with Gasteiger partial charge in [0.05, 0.1) is 50.1 Å². The van der Waals surface area contributed by atoms with Crippen molar-refractivity contribution in [3.63, 3.8) is 0 Å². The van der Waals surface area contributed by atoms with Crippen LogP contribution in [0.25, 0.3) is 20.9 Å². The molecule has 2 aromatic carbocycles. The fourth-order valence-electron chi connectivity index (χ4n) is 3.21. The van der Waals surface area contributed by atoms with E-state index in [1.165, 1.54) is 31.4 Å². The summed E-state index contributed by atoms with van der Waals surface area (Å²) in [7, 11) is 1.19. The normalized spacial score (nSPS) is 11.4. The summed E-state index contributed by atoms with van der Waals surface area (Å²) in [4.78, 5) is 44.0. The van der Waals surface area contributed by atoms with Gasteiger partial charge in [-0.2, -0.15) is 0 Å². The zero-order valence-electron chi connectivity index (χ0n) is 16.8. The van der Waals surface area contributed by atoms with Crippen molar-refractivity contribution in [2.24, 2.45) is 10.2 Å². The molecule has 1 aliphatic carbocycles. The Labute approximate surface area is 180 Å². The smallest absolute Gasteiger partial charge is 0.338 e. The van der Waals surface area contributed by atoms with E-state index in [0.29, 0.717) is 0 Å². The van der Waals surface area contributed by atoms with Crippen molar-refractivity contribution in [1.82, 2.24) is 0 Å². The Morgan fingerprint density at radius 1 is 0.906 bits per heavy atom. The highest BCUT2D eigenvalue weighted by Crippen LogP contribution is 2.38. The number of esters is 1. The molecular weight excluding hydrogens is 420 g/mol. The molecule has 162 valence electrons. The van der Waals surface area contributed by atoms with Gasteiger partial charge >= 0.3 is 5.97 Å². The van der Waals surface area contributed by atoms with Gasteiger partial charge in [0.15, 0.2) is 5.78 Å². The van der Waals surface area contributed by atoms with Gasteiger partial charge in [0.25, 0.3) is 0 Å². The molecular formula is C20H16N6O6. The molecule has 12 heteroatoms. The van der Waals surface area contributed by atoms with Crippen LogP contribution in [-0.2, 0) is 4.74 Å². The van der Waals surface area contributed by atoms with Crippen LogP contribution in [0.5, 0.6) is 11.5 Å². The molecule has 3 rings (SSSR count). The Hall–Kier alpha value is -4.53. The quantitative estimate of drug-likeness (QED) is 0.162. The number of carbonyl (C=O) groups excluding carboxylic acids is 3. The number of azide groups is 2. The highest BCUT2D eigenvalue weighted by atomic mass is 16.5. The summed E-state index contributed by atoms with van der Waals surface area (Å²) in [6, 6.07) is 7.13. The Morgan fingerprint density at radius 2 is 1.53 bits per heavy atom. The van der Waals surface area contributed by atoms with E-state index in [-0.39, 0.29) is 65.6 Å².